The van der Waals surface area contributed by atoms with Crippen LogP contribution in [0.2, 0.25) is 0 Å². The highest BCUT2D eigenvalue weighted by Crippen LogP contribution is 2.21. The molecule has 1 aromatic rings. The van der Waals surface area contributed by atoms with E-state index in [9.17, 15) is 0 Å². The van der Waals surface area contributed by atoms with Gasteiger partial charge in [0.15, 0.2) is 0 Å². The monoisotopic (exact) mass is 208 g/mol. The first-order chi connectivity index (χ1) is 6.99. The van der Waals surface area contributed by atoms with Crippen LogP contribution in [0.1, 0.15) is 19.5 Å². The molecule has 0 N–H and O–H groups in total. The van der Waals surface area contributed by atoms with Crippen LogP contribution < -0.4 is 5.46 Å². The number of hydrogen-bond acceptors (Lipinski definition) is 3. The molecule has 0 aromatic carbocycles. The Hall–Kier alpha value is -0.805. The summed E-state index contributed by atoms with van der Waals surface area (Å²) in [5, 5.41) is 4.18. The van der Waals surface area contributed by atoms with E-state index in [4.69, 9.17) is 9.31 Å². The number of rotatable bonds is 1. The smallest absolute Gasteiger partial charge is 0.407 e. The normalized spacial score (nSPS) is 20.7. The van der Waals surface area contributed by atoms with Crippen LogP contribution in [-0.2, 0) is 16.4 Å². The number of aromatic nitrogens is 2. The minimum Gasteiger partial charge on any atom is -0.407 e. The number of nitrogens with zero attached hydrogens (tertiary/aromatic N) is 2. The Labute approximate surface area is 90.7 Å². The molecule has 2 rings (SSSR count). The fourth-order valence-corrected chi connectivity index (χ4v) is 1.62. The maximum Gasteiger partial charge on any atom is 0.497 e. The van der Waals surface area contributed by atoms with E-state index in [1.165, 1.54) is 0 Å². The van der Waals surface area contributed by atoms with Crippen molar-refractivity contribution in [2.75, 3.05) is 13.2 Å². The molecule has 0 radical (unpaired) electrons. The largest absolute Gasteiger partial charge is 0.497 e. The molecule has 15 heavy (non-hydrogen) atoms. The summed E-state index contributed by atoms with van der Waals surface area (Å²) in [6.45, 7) is 7.76. The van der Waals surface area contributed by atoms with E-state index in [-0.39, 0.29) is 12.5 Å². The topological polar surface area (TPSA) is 36.3 Å². The van der Waals surface area contributed by atoms with Gasteiger partial charge in [-0.1, -0.05) is 13.8 Å². The van der Waals surface area contributed by atoms with Gasteiger partial charge < -0.3 is 9.31 Å². The minimum atomic E-state index is -0.244. The Morgan fingerprint density at radius 2 is 2.00 bits per heavy atom. The molecule has 82 valence electrons. The molecule has 0 saturated carbocycles. The van der Waals surface area contributed by atoms with Crippen LogP contribution >= 0.6 is 0 Å². The van der Waals surface area contributed by atoms with E-state index in [1.807, 2.05) is 24.9 Å². The van der Waals surface area contributed by atoms with Gasteiger partial charge in [-0.15, -0.1) is 0 Å². The molecule has 2 heterocycles. The molecule has 4 nitrogen and oxygen atoms in total. The second-order valence-corrected chi connectivity index (χ2v) is 4.93. The van der Waals surface area contributed by atoms with Gasteiger partial charge in [-0.25, -0.2) is 0 Å². The predicted octanol–water partition coefficient (Wildman–Crippen LogP) is 0.497. The van der Waals surface area contributed by atoms with Crippen LogP contribution in [0.15, 0.2) is 6.20 Å². The lowest BCUT2D eigenvalue weighted by Crippen LogP contribution is -2.47. The summed E-state index contributed by atoms with van der Waals surface area (Å²) in [5.41, 5.74) is 2.25. The van der Waals surface area contributed by atoms with Gasteiger partial charge in [0.2, 0.25) is 0 Å². The molecule has 1 aromatic heterocycles. The molecule has 0 aliphatic carbocycles. The zero-order valence-electron chi connectivity index (χ0n) is 9.78. The predicted molar refractivity (Wildman–Crippen MR) is 59.0 cm³/mol. The third kappa shape index (κ3) is 2.08. The highest BCUT2D eigenvalue weighted by molar-refractivity contribution is 6.61. The minimum absolute atomic E-state index is 0.118. The molecule has 0 amide bonds. The summed E-state index contributed by atoms with van der Waals surface area (Å²) in [6.07, 6.45) is 1.82. The first-order valence-corrected chi connectivity index (χ1v) is 5.21. The third-order valence-electron chi connectivity index (χ3n) is 2.78. The van der Waals surface area contributed by atoms with Gasteiger partial charge in [-0.05, 0) is 6.92 Å². The van der Waals surface area contributed by atoms with Gasteiger partial charge in [-0.3, -0.25) is 4.68 Å². The molecule has 0 bridgehead atoms. The van der Waals surface area contributed by atoms with E-state index in [1.54, 1.807) is 0 Å². The quantitative estimate of drug-likeness (QED) is 0.630. The summed E-state index contributed by atoms with van der Waals surface area (Å²) in [4.78, 5) is 0. The van der Waals surface area contributed by atoms with E-state index in [0.717, 1.165) is 24.4 Å². The lowest BCUT2D eigenvalue weighted by molar-refractivity contribution is 0.0342. The summed E-state index contributed by atoms with van der Waals surface area (Å²) < 4.78 is 13.2. The van der Waals surface area contributed by atoms with Crippen molar-refractivity contribution in [1.29, 1.82) is 0 Å². The van der Waals surface area contributed by atoms with Crippen LogP contribution in [0.25, 0.3) is 0 Å². The van der Waals surface area contributed by atoms with Gasteiger partial charge in [0.25, 0.3) is 0 Å². The maximum absolute atomic E-state index is 5.70. The molecular weight excluding hydrogens is 191 g/mol. The average Bonchev–Trinajstić information content (AvgIpc) is 2.49. The van der Waals surface area contributed by atoms with Crippen molar-refractivity contribution >= 4 is 12.6 Å². The van der Waals surface area contributed by atoms with E-state index < -0.39 is 0 Å². The van der Waals surface area contributed by atoms with Gasteiger partial charge in [0.05, 0.1) is 0 Å². The van der Waals surface area contributed by atoms with Crippen molar-refractivity contribution in [3.05, 3.63) is 11.9 Å². The van der Waals surface area contributed by atoms with Crippen molar-refractivity contribution in [3.63, 3.8) is 0 Å². The van der Waals surface area contributed by atoms with Gasteiger partial charge in [0.1, 0.15) is 0 Å². The summed E-state index contributed by atoms with van der Waals surface area (Å²) in [7, 11) is 1.68. The fourth-order valence-electron chi connectivity index (χ4n) is 1.62. The first kappa shape index (κ1) is 10.7. The van der Waals surface area contributed by atoms with Gasteiger partial charge in [0, 0.05) is 43.0 Å². The second kappa shape index (κ2) is 3.65. The first-order valence-electron chi connectivity index (χ1n) is 5.21. The number of aryl methyl sites for hydroxylation is 1. The average molecular weight is 208 g/mol. The van der Waals surface area contributed by atoms with Gasteiger partial charge in [-0.2, -0.15) is 5.10 Å². The molecule has 1 aliphatic rings. The van der Waals surface area contributed by atoms with Crippen molar-refractivity contribution in [2.24, 2.45) is 12.5 Å². The van der Waals surface area contributed by atoms with Crippen LogP contribution in [0.5, 0.6) is 0 Å². The molecule has 0 atom stereocenters. The third-order valence-corrected chi connectivity index (χ3v) is 2.78. The molecule has 0 spiro atoms. The molecule has 0 unspecified atom stereocenters. The standard InChI is InChI=1S/C10H17BN2O2/c1-8-9(5-12-13(8)4)11-14-6-10(2,3)7-15-11/h5H,6-7H2,1-4H3. The maximum atomic E-state index is 5.70. The highest BCUT2D eigenvalue weighted by atomic mass is 16.6. The number of hydrogen-bond donors (Lipinski definition) is 0. The Balaban J connectivity index is 2.11. The van der Waals surface area contributed by atoms with Crippen LogP contribution in [0, 0.1) is 12.3 Å². The zero-order chi connectivity index (χ0) is 11.1. The zero-order valence-corrected chi connectivity index (χ0v) is 9.78. The summed E-state index contributed by atoms with van der Waals surface area (Å²) >= 11 is 0. The Bertz CT molecular complexity index is 352. The fraction of sp³-hybridized carbons (Fsp3) is 0.700. The van der Waals surface area contributed by atoms with Crippen LogP contribution in [0.4, 0.5) is 0 Å². The van der Waals surface area contributed by atoms with E-state index >= 15 is 0 Å². The SMILES string of the molecule is Cc1c(B2OCC(C)(C)CO2)cnn1C. The Kier molecular flexibility index (Phi) is 2.60. The van der Waals surface area contributed by atoms with Crippen molar-refractivity contribution in [2.45, 2.75) is 20.8 Å². The summed E-state index contributed by atoms with van der Waals surface area (Å²) in [5.74, 6) is 0. The summed E-state index contributed by atoms with van der Waals surface area (Å²) in [6, 6.07) is 0. The molecule has 1 fully saturated rings. The Morgan fingerprint density at radius 3 is 2.47 bits per heavy atom. The van der Waals surface area contributed by atoms with Crippen molar-refractivity contribution in [3.8, 4) is 0 Å². The molecular formula is C10H17BN2O2. The van der Waals surface area contributed by atoms with E-state index in [0.29, 0.717) is 0 Å². The van der Waals surface area contributed by atoms with Crippen LogP contribution in [0.3, 0.4) is 0 Å². The second-order valence-electron chi connectivity index (χ2n) is 4.93. The van der Waals surface area contributed by atoms with Gasteiger partial charge >= 0.3 is 7.12 Å². The van der Waals surface area contributed by atoms with Crippen LogP contribution in [-0.4, -0.2) is 30.1 Å². The molecule has 1 saturated heterocycles. The lowest BCUT2D eigenvalue weighted by atomic mass is 9.76. The Morgan fingerprint density at radius 1 is 1.40 bits per heavy atom. The van der Waals surface area contributed by atoms with Crippen molar-refractivity contribution in [1.82, 2.24) is 9.78 Å². The van der Waals surface area contributed by atoms with E-state index in [2.05, 4.69) is 18.9 Å². The van der Waals surface area contributed by atoms with Crippen molar-refractivity contribution < 1.29 is 9.31 Å². The molecule has 1 aliphatic heterocycles. The highest BCUT2D eigenvalue weighted by Gasteiger charge is 2.35. The molecule has 5 heteroatoms. The lowest BCUT2D eigenvalue weighted by Gasteiger charge is -2.32.